The highest BCUT2D eigenvalue weighted by atomic mass is 32.2. The monoisotopic (exact) mass is 338 g/mol. The normalized spacial score (nSPS) is 19.3. The van der Waals surface area contributed by atoms with E-state index in [0.29, 0.717) is 19.4 Å². The van der Waals surface area contributed by atoms with Crippen LogP contribution in [0.15, 0.2) is 30.3 Å². The van der Waals surface area contributed by atoms with E-state index >= 15 is 0 Å². The zero-order valence-electron chi connectivity index (χ0n) is 13.2. The number of hydrogen-bond donors (Lipinski definition) is 1. The molecular weight excluding hydrogens is 316 g/mol. The predicted octanol–water partition coefficient (Wildman–Crippen LogP) is 0.381. The Morgan fingerprint density at radius 3 is 2.52 bits per heavy atom. The maximum atomic E-state index is 12.0. The topological polar surface area (TPSA) is 83.6 Å². The lowest BCUT2D eigenvalue weighted by Crippen LogP contribution is -2.46. The first-order valence-electron chi connectivity index (χ1n) is 7.65. The molecule has 1 aliphatic heterocycles. The second kappa shape index (κ2) is 7.59. The standard InChI is InChI=1S/C16H22N2O4S/c1-13(19)18(15-8-10-23(21,22)12-15)11-16(20)17-9-7-14-5-3-2-4-6-14/h2-6,15H,7-12H2,1H3,(H,17,20). The molecule has 1 fully saturated rings. The summed E-state index contributed by atoms with van der Waals surface area (Å²) in [5.41, 5.74) is 1.12. The van der Waals surface area contributed by atoms with Crippen LogP contribution in [0.3, 0.4) is 0 Å². The average molecular weight is 338 g/mol. The number of amides is 2. The van der Waals surface area contributed by atoms with Crippen LogP contribution in [0, 0.1) is 0 Å². The van der Waals surface area contributed by atoms with Gasteiger partial charge in [0.25, 0.3) is 0 Å². The van der Waals surface area contributed by atoms with Gasteiger partial charge in [0.1, 0.15) is 0 Å². The van der Waals surface area contributed by atoms with Gasteiger partial charge in [0, 0.05) is 19.5 Å². The Bertz CT molecular complexity index is 658. The van der Waals surface area contributed by atoms with Gasteiger partial charge in [0.2, 0.25) is 11.8 Å². The van der Waals surface area contributed by atoms with Crippen LogP contribution in [0.1, 0.15) is 18.9 Å². The third kappa shape index (κ3) is 5.35. The van der Waals surface area contributed by atoms with Gasteiger partial charge in [-0.15, -0.1) is 0 Å². The number of carbonyl (C=O) groups is 2. The molecule has 2 amide bonds. The average Bonchev–Trinajstić information content (AvgIpc) is 2.85. The van der Waals surface area contributed by atoms with E-state index in [2.05, 4.69) is 5.32 Å². The summed E-state index contributed by atoms with van der Waals surface area (Å²) in [7, 11) is -3.09. The quantitative estimate of drug-likeness (QED) is 0.813. The molecule has 0 spiro atoms. The molecule has 23 heavy (non-hydrogen) atoms. The summed E-state index contributed by atoms with van der Waals surface area (Å²) in [5, 5.41) is 2.78. The first kappa shape index (κ1) is 17.5. The Morgan fingerprint density at radius 1 is 1.26 bits per heavy atom. The fraction of sp³-hybridized carbons (Fsp3) is 0.500. The van der Waals surface area contributed by atoms with Crippen molar-refractivity contribution in [3.8, 4) is 0 Å². The highest BCUT2D eigenvalue weighted by Crippen LogP contribution is 2.17. The SMILES string of the molecule is CC(=O)N(CC(=O)NCCc1ccccc1)C1CCS(=O)(=O)C1. The van der Waals surface area contributed by atoms with Crippen molar-refractivity contribution in [1.29, 1.82) is 0 Å². The second-order valence-corrected chi connectivity index (χ2v) is 8.02. The van der Waals surface area contributed by atoms with Gasteiger partial charge in [-0.1, -0.05) is 30.3 Å². The number of nitrogens with zero attached hydrogens (tertiary/aromatic N) is 1. The zero-order chi connectivity index (χ0) is 16.9. The van der Waals surface area contributed by atoms with Crippen molar-refractivity contribution in [1.82, 2.24) is 10.2 Å². The number of benzene rings is 1. The van der Waals surface area contributed by atoms with Crippen LogP contribution >= 0.6 is 0 Å². The van der Waals surface area contributed by atoms with E-state index in [4.69, 9.17) is 0 Å². The van der Waals surface area contributed by atoms with Gasteiger partial charge in [-0.3, -0.25) is 9.59 Å². The van der Waals surface area contributed by atoms with Crippen LogP contribution in [-0.2, 0) is 25.8 Å². The van der Waals surface area contributed by atoms with Crippen molar-refractivity contribution in [2.75, 3.05) is 24.6 Å². The second-order valence-electron chi connectivity index (χ2n) is 5.79. The van der Waals surface area contributed by atoms with Gasteiger partial charge in [0.15, 0.2) is 9.84 Å². The number of hydrogen-bond acceptors (Lipinski definition) is 4. The van der Waals surface area contributed by atoms with Gasteiger partial charge in [0.05, 0.1) is 18.1 Å². The molecule has 1 aromatic rings. The van der Waals surface area contributed by atoms with E-state index in [1.165, 1.54) is 11.8 Å². The lowest BCUT2D eigenvalue weighted by Gasteiger charge is -2.26. The molecule has 0 bridgehead atoms. The Morgan fingerprint density at radius 2 is 1.96 bits per heavy atom. The fourth-order valence-electron chi connectivity index (χ4n) is 2.72. The van der Waals surface area contributed by atoms with Crippen LogP contribution < -0.4 is 5.32 Å². The van der Waals surface area contributed by atoms with Gasteiger partial charge in [-0.05, 0) is 18.4 Å². The molecule has 1 unspecified atom stereocenters. The van der Waals surface area contributed by atoms with Crippen LogP contribution in [0.5, 0.6) is 0 Å². The van der Waals surface area contributed by atoms with Crippen molar-refractivity contribution >= 4 is 21.7 Å². The molecule has 1 aliphatic rings. The molecule has 1 N–H and O–H groups in total. The smallest absolute Gasteiger partial charge is 0.239 e. The van der Waals surface area contributed by atoms with Crippen LogP contribution in [0.4, 0.5) is 0 Å². The Hall–Kier alpha value is -1.89. The van der Waals surface area contributed by atoms with Gasteiger partial charge in [-0.2, -0.15) is 0 Å². The predicted molar refractivity (Wildman–Crippen MR) is 87.6 cm³/mol. The third-order valence-electron chi connectivity index (χ3n) is 3.95. The summed E-state index contributed by atoms with van der Waals surface area (Å²) in [6.07, 6.45) is 1.11. The molecule has 1 aromatic carbocycles. The number of nitrogens with one attached hydrogen (secondary N) is 1. The van der Waals surface area contributed by atoms with Gasteiger partial charge < -0.3 is 10.2 Å². The first-order valence-corrected chi connectivity index (χ1v) is 9.48. The van der Waals surface area contributed by atoms with Crippen molar-refractivity contribution in [3.05, 3.63) is 35.9 Å². The Balaban J connectivity index is 1.83. The minimum atomic E-state index is -3.09. The zero-order valence-corrected chi connectivity index (χ0v) is 14.0. The fourth-order valence-corrected chi connectivity index (χ4v) is 4.45. The molecule has 2 rings (SSSR count). The van der Waals surface area contributed by atoms with E-state index in [1.54, 1.807) is 0 Å². The van der Waals surface area contributed by atoms with E-state index in [0.717, 1.165) is 5.56 Å². The van der Waals surface area contributed by atoms with Gasteiger partial charge >= 0.3 is 0 Å². The van der Waals surface area contributed by atoms with E-state index in [-0.39, 0.29) is 29.9 Å². The summed E-state index contributed by atoms with van der Waals surface area (Å²) in [5.74, 6) is -0.508. The minimum Gasteiger partial charge on any atom is -0.354 e. The molecule has 1 atom stereocenters. The maximum absolute atomic E-state index is 12.0. The van der Waals surface area contributed by atoms with E-state index in [1.807, 2.05) is 30.3 Å². The molecular formula is C16H22N2O4S. The molecule has 126 valence electrons. The van der Waals surface area contributed by atoms with E-state index in [9.17, 15) is 18.0 Å². The third-order valence-corrected chi connectivity index (χ3v) is 5.70. The Kier molecular flexibility index (Phi) is 5.76. The van der Waals surface area contributed by atoms with Gasteiger partial charge in [-0.25, -0.2) is 8.42 Å². The molecule has 0 radical (unpaired) electrons. The number of carbonyl (C=O) groups excluding carboxylic acids is 2. The largest absolute Gasteiger partial charge is 0.354 e. The van der Waals surface area contributed by atoms with Crippen LogP contribution in [0.2, 0.25) is 0 Å². The van der Waals surface area contributed by atoms with Crippen LogP contribution in [-0.4, -0.2) is 55.8 Å². The van der Waals surface area contributed by atoms with Crippen molar-refractivity contribution in [3.63, 3.8) is 0 Å². The lowest BCUT2D eigenvalue weighted by atomic mass is 10.1. The summed E-state index contributed by atoms with van der Waals surface area (Å²) in [6, 6.07) is 9.39. The highest BCUT2D eigenvalue weighted by molar-refractivity contribution is 7.91. The summed E-state index contributed by atoms with van der Waals surface area (Å²) < 4.78 is 23.1. The first-order chi connectivity index (χ1) is 10.9. The molecule has 0 saturated carbocycles. The van der Waals surface area contributed by atoms with Crippen LogP contribution in [0.25, 0.3) is 0 Å². The molecule has 7 heteroatoms. The maximum Gasteiger partial charge on any atom is 0.239 e. The Labute approximate surface area is 136 Å². The highest BCUT2D eigenvalue weighted by Gasteiger charge is 2.34. The summed E-state index contributed by atoms with van der Waals surface area (Å²) in [6.45, 7) is 1.75. The molecule has 6 nitrogen and oxygen atoms in total. The molecule has 1 heterocycles. The van der Waals surface area contributed by atoms with Crippen molar-refractivity contribution < 1.29 is 18.0 Å². The number of sulfone groups is 1. The lowest BCUT2D eigenvalue weighted by molar-refractivity contribution is -0.136. The molecule has 0 aliphatic carbocycles. The van der Waals surface area contributed by atoms with Crippen molar-refractivity contribution in [2.24, 2.45) is 0 Å². The number of rotatable bonds is 6. The van der Waals surface area contributed by atoms with Crippen molar-refractivity contribution in [2.45, 2.75) is 25.8 Å². The summed E-state index contributed by atoms with van der Waals surface area (Å²) in [4.78, 5) is 25.1. The molecule has 0 aromatic heterocycles. The van der Waals surface area contributed by atoms with E-state index < -0.39 is 15.9 Å². The summed E-state index contributed by atoms with van der Waals surface area (Å²) >= 11 is 0. The molecule has 1 saturated heterocycles. The minimum absolute atomic E-state index is 0.0517.